The van der Waals surface area contributed by atoms with Gasteiger partial charge in [-0.2, -0.15) is 0 Å². The second kappa shape index (κ2) is 5.97. The lowest BCUT2D eigenvalue weighted by Crippen LogP contribution is -2.37. The Hall–Kier alpha value is -2.69. The summed E-state index contributed by atoms with van der Waals surface area (Å²) in [5, 5.41) is 2.49. The van der Waals surface area contributed by atoms with Crippen LogP contribution in [-0.4, -0.2) is 23.8 Å². The van der Waals surface area contributed by atoms with Gasteiger partial charge in [-0.3, -0.25) is 9.59 Å². The van der Waals surface area contributed by atoms with E-state index in [1.807, 2.05) is 19.1 Å². The highest BCUT2D eigenvalue weighted by Crippen LogP contribution is 2.12. The molecule has 1 aromatic carbocycles. The topological polar surface area (TPSA) is 62.3 Å². The average Bonchev–Trinajstić information content (AvgIpc) is 2.46. The predicted molar refractivity (Wildman–Crippen MR) is 77.5 cm³/mol. The highest BCUT2D eigenvalue weighted by atomic mass is 16.2. The molecule has 0 saturated carbocycles. The number of rotatable bonds is 2. The molecule has 0 fully saturated rings. The molecular formula is C15H15N3O2. The molecule has 5 heteroatoms. The largest absolute Gasteiger partial charge is 0.316 e. The van der Waals surface area contributed by atoms with Crippen LogP contribution in [0.1, 0.15) is 5.69 Å². The van der Waals surface area contributed by atoms with Crippen molar-refractivity contribution in [1.82, 2.24) is 4.98 Å². The standard InChI is InChI=1S/C15H15N3O2/c1-11-7-6-10-13(16-11)17-14(19)15(20)18(2)12-8-4-3-5-9-12/h3-10H,1-2H3,(H,16,17,19). The molecule has 1 N–H and O–H groups in total. The summed E-state index contributed by atoms with van der Waals surface area (Å²) in [4.78, 5) is 29.3. The second-order valence-corrected chi connectivity index (χ2v) is 4.32. The first-order valence-electron chi connectivity index (χ1n) is 6.15. The molecule has 2 aromatic rings. The van der Waals surface area contributed by atoms with Gasteiger partial charge >= 0.3 is 11.8 Å². The van der Waals surface area contributed by atoms with E-state index in [2.05, 4.69) is 10.3 Å². The summed E-state index contributed by atoms with van der Waals surface area (Å²) < 4.78 is 0. The summed E-state index contributed by atoms with van der Waals surface area (Å²) in [5.41, 5.74) is 1.43. The fourth-order valence-corrected chi connectivity index (χ4v) is 1.70. The Bertz CT molecular complexity index is 626. The quantitative estimate of drug-likeness (QED) is 0.848. The van der Waals surface area contributed by atoms with Crippen LogP contribution in [-0.2, 0) is 9.59 Å². The maximum Gasteiger partial charge on any atom is 0.316 e. The van der Waals surface area contributed by atoms with Crippen LogP contribution in [0.25, 0.3) is 0 Å². The lowest BCUT2D eigenvalue weighted by Gasteiger charge is -2.16. The van der Waals surface area contributed by atoms with E-state index in [0.717, 1.165) is 5.69 Å². The third-order valence-corrected chi connectivity index (χ3v) is 2.77. The molecule has 5 nitrogen and oxygen atoms in total. The van der Waals surface area contributed by atoms with Gasteiger partial charge in [-0.25, -0.2) is 4.98 Å². The Kier molecular flexibility index (Phi) is 4.10. The van der Waals surface area contributed by atoms with Crippen molar-refractivity contribution in [2.24, 2.45) is 0 Å². The number of para-hydroxylation sites is 1. The van der Waals surface area contributed by atoms with Crippen molar-refractivity contribution >= 4 is 23.3 Å². The Morgan fingerprint density at radius 3 is 2.40 bits per heavy atom. The summed E-state index contributed by atoms with van der Waals surface area (Å²) in [5.74, 6) is -0.987. The third-order valence-electron chi connectivity index (χ3n) is 2.77. The van der Waals surface area contributed by atoms with Gasteiger partial charge in [-0.15, -0.1) is 0 Å². The Morgan fingerprint density at radius 2 is 1.75 bits per heavy atom. The molecule has 20 heavy (non-hydrogen) atoms. The second-order valence-electron chi connectivity index (χ2n) is 4.32. The van der Waals surface area contributed by atoms with Gasteiger partial charge in [0.1, 0.15) is 5.82 Å². The molecule has 0 spiro atoms. The van der Waals surface area contributed by atoms with Crippen molar-refractivity contribution in [2.45, 2.75) is 6.92 Å². The molecule has 2 rings (SSSR count). The number of amides is 2. The van der Waals surface area contributed by atoms with Crippen LogP contribution < -0.4 is 10.2 Å². The van der Waals surface area contributed by atoms with Crippen molar-refractivity contribution < 1.29 is 9.59 Å². The summed E-state index contributed by atoms with van der Waals surface area (Å²) in [6.45, 7) is 1.81. The first kappa shape index (κ1) is 13.7. The van der Waals surface area contributed by atoms with E-state index in [0.29, 0.717) is 11.5 Å². The van der Waals surface area contributed by atoms with Gasteiger partial charge in [0.05, 0.1) is 0 Å². The minimum absolute atomic E-state index is 0.366. The van der Waals surface area contributed by atoms with E-state index in [1.165, 1.54) is 4.90 Å². The number of pyridine rings is 1. The van der Waals surface area contributed by atoms with Crippen LogP contribution in [0.2, 0.25) is 0 Å². The summed E-state index contributed by atoms with van der Waals surface area (Å²) in [6, 6.07) is 14.2. The molecule has 102 valence electrons. The van der Waals surface area contributed by atoms with Crippen molar-refractivity contribution in [1.29, 1.82) is 0 Å². The van der Waals surface area contributed by atoms with Gasteiger partial charge in [0, 0.05) is 18.4 Å². The highest BCUT2D eigenvalue weighted by molar-refractivity contribution is 6.44. The molecule has 0 aliphatic heterocycles. The smallest absolute Gasteiger partial charge is 0.307 e. The van der Waals surface area contributed by atoms with Crippen LogP contribution in [0.3, 0.4) is 0 Å². The van der Waals surface area contributed by atoms with Crippen molar-refractivity contribution in [3.63, 3.8) is 0 Å². The van der Waals surface area contributed by atoms with Crippen molar-refractivity contribution in [3.05, 3.63) is 54.2 Å². The molecule has 1 heterocycles. The molecule has 0 radical (unpaired) electrons. The molecule has 2 amide bonds. The van der Waals surface area contributed by atoms with E-state index in [4.69, 9.17) is 0 Å². The molecular weight excluding hydrogens is 254 g/mol. The molecule has 1 aromatic heterocycles. The number of nitrogens with zero attached hydrogens (tertiary/aromatic N) is 2. The molecule has 0 bridgehead atoms. The van der Waals surface area contributed by atoms with Gasteiger partial charge in [-0.1, -0.05) is 24.3 Å². The number of benzene rings is 1. The zero-order chi connectivity index (χ0) is 14.5. The Morgan fingerprint density at radius 1 is 1.05 bits per heavy atom. The van der Waals surface area contributed by atoms with Crippen LogP contribution in [0, 0.1) is 6.92 Å². The predicted octanol–water partition coefficient (Wildman–Crippen LogP) is 1.99. The third kappa shape index (κ3) is 3.20. The summed E-state index contributed by atoms with van der Waals surface area (Å²) >= 11 is 0. The first-order valence-corrected chi connectivity index (χ1v) is 6.15. The molecule has 0 aliphatic carbocycles. The maximum absolute atomic E-state index is 12.0. The van der Waals surface area contributed by atoms with E-state index in [-0.39, 0.29) is 0 Å². The summed E-state index contributed by atoms with van der Waals surface area (Å²) in [7, 11) is 1.56. The number of hydrogen-bond donors (Lipinski definition) is 1. The average molecular weight is 269 g/mol. The zero-order valence-electron chi connectivity index (χ0n) is 11.3. The van der Waals surface area contributed by atoms with Crippen LogP contribution >= 0.6 is 0 Å². The van der Waals surface area contributed by atoms with Crippen molar-refractivity contribution in [2.75, 3.05) is 17.3 Å². The molecule has 0 saturated heterocycles. The Balaban J connectivity index is 2.08. The van der Waals surface area contributed by atoms with Gasteiger partial charge in [0.25, 0.3) is 0 Å². The normalized spacial score (nSPS) is 9.90. The number of hydrogen-bond acceptors (Lipinski definition) is 3. The number of carbonyl (C=O) groups is 2. The van der Waals surface area contributed by atoms with Gasteiger partial charge in [-0.05, 0) is 31.2 Å². The van der Waals surface area contributed by atoms with Crippen LogP contribution in [0.5, 0.6) is 0 Å². The van der Waals surface area contributed by atoms with Crippen LogP contribution in [0.4, 0.5) is 11.5 Å². The fourth-order valence-electron chi connectivity index (χ4n) is 1.70. The number of carbonyl (C=O) groups excluding carboxylic acids is 2. The fraction of sp³-hybridized carbons (Fsp3) is 0.133. The van der Waals surface area contributed by atoms with Crippen LogP contribution in [0.15, 0.2) is 48.5 Å². The summed E-state index contributed by atoms with van der Waals surface area (Å²) in [6.07, 6.45) is 0. The maximum atomic E-state index is 12.0. The number of aryl methyl sites for hydroxylation is 1. The molecule has 0 atom stereocenters. The van der Waals surface area contributed by atoms with E-state index in [9.17, 15) is 9.59 Å². The number of anilines is 2. The number of aromatic nitrogens is 1. The van der Waals surface area contributed by atoms with Crippen molar-refractivity contribution in [3.8, 4) is 0 Å². The highest BCUT2D eigenvalue weighted by Gasteiger charge is 2.20. The number of likely N-dealkylation sites (N-methyl/N-ethyl adjacent to an activating group) is 1. The SMILES string of the molecule is Cc1cccc(NC(=O)C(=O)N(C)c2ccccc2)n1. The minimum atomic E-state index is -0.713. The van der Waals surface area contributed by atoms with E-state index >= 15 is 0 Å². The molecule has 0 aliphatic rings. The van der Waals surface area contributed by atoms with Gasteiger partial charge < -0.3 is 10.2 Å². The molecule has 0 unspecified atom stereocenters. The van der Waals surface area contributed by atoms with E-state index < -0.39 is 11.8 Å². The zero-order valence-corrected chi connectivity index (χ0v) is 11.3. The number of nitrogens with one attached hydrogen (secondary N) is 1. The first-order chi connectivity index (χ1) is 9.58. The lowest BCUT2D eigenvalue weighted by molar-refractivity contribution is -0.134. The lowest BCUT2D eigenvalue weighted by atomic mass is 10.3. The van der Waals surface area contributed by atoms with Gasteiger partial charge in [0.2, 0.25) is 0 Å². The van der Waals surface area contributed by atoms with E-state index in [1.54, 1.807) is 43.4 Å². The van der Waals surface area contributed by atoms with Gasteiger partial charge in [0.15, 0.2) is 0 Å². The minimum Gasteiger partial charge on any atom is -0.307 e. The Labute approximate surface area is 117 Å². The monoisotopic (exact) mass is 269 g/mol.